The van der Waals surface area contributed by atoms with E-state index >= 15 is 0 Å². The fourth-order valence-electron chi connectivity index (χ4n) is 6.54. The molecule has 0 radical (unpaired) electrons. The average molecular weight is 1100 g/mol. The molecule has 376 valence electrons. The number of hydrogen-bond acceptors (Lipinski definition) is 12. The smallest absolute Gasteiger partial charge is 0.425 e. The molecular formula is C44H37BrCl2F6N8O10. The summed E-state index contributed by atoms with van der Waals surface area (Å²) in [6.07, 6.45) is -9.76. The van der Waals surface area contributed by atoms with Crippen molar-refractivity contribution in [2.45, 2.75) is 32.4 Å². The minimum Gasteiger partial charge on any atom is -0.425 e. The Morgan fingerprint density at radius 1 is 0.620 bits per heavy atom. The van der Waals surface area contributed by atoms with Gasteiger partial charge in [-0.25, -0.2) is 9.59 Å². The van der Waals surface area contributed by atoms with E-state index in [1.54, 1.807) is 48.5 Å². The van der Waals surface area contributed by atoms with Crippen LogP contribution in [0.4, 0.5) is 26.3 Å². The highest BCUT2D eigenvalue weighted by Gasteiger charge is 2.32. The van der Waals surface area contributed by atoms with Gasteiger partial charge < -0.3 is 29.2 Å². The highest BCUT2D eigenvalue weighted by atomic mass is 79.9. The third-order valence-corrected chi connectivity index (χ3v) is 10.4. The number of aromatic nitrogens is 8. The molecule has 0 bridgehead atoms. The van der Waals surface area contributed by atoms with Gasteiger partial charge in [0.2, 0.25) is 0 Å². The molecule has 0 aliphatic carbocycles. The fraction of sp³-hybridized carbons (Fsp3) is 0.227. The van der Waals surface area contributed by atoms with Crippen LogP contribution in [0.15, 0.2) is 116 Å². The molecule has 8 rings (SSSR count). The normalized spacial score (nSPS) is 11.5. The third-order valence-electron chi connectivity index (χ3n) is 9.58. The predicted molar refractivity (Wildman–Crippen MR) is 250 cm³/mol. The van der Waals surface area contributed by atoms with Gasteiger partial charge in [0.25, 0.3) is 11.1 Å². The largest absolute Gasteiger partial charge is 0.573 e. The van der Waals surface area contributed by atoms with Crippen molar-refractivity contribution in [2.75, 3.05) is 18.5 Å². The van der Waals surface area contributed by atoms with Gasteiger partial charge in [0.15, 0.2) is 22.3 Å². The Morgan fingerprint density at radius 2 is 1.04 bits per heavy atom. The number of aliphatic hydroxyl groups is 2. The Bertz CT molecular complexity index is 3390. The predicted octanol–water partition coefficient (Wildman–Crippen LogP) is 7.47. The summed E-state index contributed by atoms with van der Waals surface area (Å²) in [5.41, 5.74) is -1.21. The number of imidazole rings is 2. The first kappa shape index (κ1) is 53.3. The summed E-state index contributed by atoms with van der Waals surface area (Å²) in [5.74, 6) is -1.05. The minimum absolute atomic E-state index is 0.000787. The monoisotopic (exact) mass is 1100 g/mol. The molecule has 0 saturated carbocycles. The SMILES string of the molecule is Cn1c(=O)[nH]c(=O)c2c1nc(Oc1cccc(OC(F)(F)F)c1)n2Cc1ccc(Cl)cc1.Cn1c(=O)n(CCO)c(=O)c2c1nc(Oc1cccc(OC(F)(F)F)c1)n2Cc1ccc(Cl)cc1.OCCBr. The molecule has 0 aliphatic rings. The average Bonchev–Trinajstić information content (AvgIpc) is 3.85. The highest BCUT2D eigenvalue weighted by Crippen LogP contribution is 2.32. The molecule has 0 fully saturated rings. The Balaban J connectivity index is 0.000000217. The van der Waals surface area contributed by atoms with Crippen LogP contribution < -0.4 is 41.4 Å². The topological polar surface area (TPSA) is 212 Å². The molecule has 0 amide bonds. The lowest BCUT2D eigenvalue weighted by molar-refractivity contribution is -0.275. The Labute approximate surface area is 413 Å². The summed E-state index contributed by atoms with van der Waals surface area (Å²) in [5, 5.41) is 18.8. The van der Waals surface area contributed by atoms with Gasteiger partial charge in [-0.15, -0.1) is 26.3 Å². The number of ether oxygens (including phenoxy) is 4. The van der Waals surface area contributed by atoms with Crippen LogP contribution in [-0.4, -0.2) is 79.3 Å². The minimum atomic E-state index is -4.89. The second-order valence-corrected chi connectivity index (χ2v) is 16.2. The van der Waals surface area contributed by atoms with Crippen LogP contribution >= 0.6 is 39.1 Å². The van der Waals surface area contributed by atoms with Gasteiger partial charge in [-0.1, -0.05) is 75.5 Å². The quantitative estimate of drug-likeness (QED) is 0.0758. The van der Waals surface area contributed by atoms with E-state index in [4.69, 9.17) is 37.8 Å². The Hall–Kier alpha value is -7.06. The van der Waals surface area contributed by atoms with Crippen molar-refractivity contribution in [3.8, 4) is 35.0 Å². The second-order valence-electron chi connectivity index (χ2n) is 14.6. The van der Waals surface area contributed by atoms with Crippen LogP contribution in [0.1, 0.15) is 11.1 Å². The van der Waals surface area contributed by atoms with Crippen LogP contribution in [0.2, 0.25) is 10.0 Å². The van der Waals surface area contributed by atoms with Crippen molar-refractivity contribution in [1.29, 1.82) is 0 Å². The summed E-state index contributed by atoms with van der Waals surface area (Å²) in [7, 11) is 2.82. The van der Waals surface area contributed by atoms with Gasteiger partial charge in [-0.05, 0) is 59.7 Å². The molecule has 18 nitrogen and oxygen atoms in total. The number of hydrogen-bond donors (Lipinski definition) is 3. The number of nitrogens with zero attached hydrogens (tertiary/aromatic N) is 7. The zero-order valence-corrected chi connectivity index (χ0v) is 39.8. The number of rotatable bonds is 13. The van der Waals surface area contributed by atoms with E-state index in [1.165, 1.54) is 47.5 Å². The maximum atomic E-state index is 13.2. The first-order valence-electron chi connectivity index (χ1n) is 20.3. The Morgan fingerprint density at radius 3 is 1.46 bits per heavy atom. The van der Waals surface area contributed by atoms with Crippen LogP contribution in [0.25, 0.3) is 22.3 Å². The van der Waals surface area contributed by atoms with E-state index in [1.807, 2.05) is 0 Å². The fourth-order valence-corrected chi connectivity index (χ4v) is 6.79. The number of fused-ring (bicyclic) bond motifs is 2. The van der Waals surface area contributed by atoms with Crippen molar-refractivity contribution in [1.82, 2.24) is 37.8 Å². The number of alkyl halides is 7. The van der Waals surface area contributed by atoms with E-state index in [0.717, 1.165) is 43.5 Å². The zero-order chi connectivity index (χ0) is 51.8. The lowest BCUT2D eigenvalue weighted by atomic mass is 10.2. The molecular weight excluding hydrogens is 1070 g/mol. The maximum Gasteiger partial charge on any atom is 0.573 e. The van der Waals surface area contributed by atoms with Gasteiger partial charge in [0, 0.05) is 41.6 Å². The van der Waals surface area contributed by atoms with E-state index in [-0.39, 0.29) is 72.1 Å². The van der Waals surface area contributed by atoms with Gasteiger partial charge >= 0.3 is 36.1 Å². The van der Waals surface area contributed by atoms with E-state index in [2.05, 4.69) is 40.4 Å². The van der Waals surface area contributed by atoms with Crippen molar-refractivity contribution >= 4 is 61.5 Å². The lowest BCUT2D eigenvalue weighted by Crippen LogP contribution is -2.40. The lowest BCUT2D eigenvalue weighted by Gasteiger charge is -2.12. The molecule has 4 aromatic carbocycles. The zero-order valence-electron chi connectivity index (χ0n) is 36.7. The van der Waals surface area contributed by atoms with Crippen molar-refractivity contribution in [2.24, 2.45) is 14.1 Å². The van der Waals surface area contributed by atoms with Crippen molar-refractivity contribution in [3.63, 3.8) is 0 Å². The molecule has 0 aliphatic heterocycles. The molecule has 0 spiro atoms. The van der Waals surface area contributed by atoms with Gasteiger partial charge in [0.05, 0.1) is 32.8 Å². The molecule has 3 N–H and O–H groups in total. The number of aromatic amines is 1. The van der Waals surface area contributed by atoms with Gasteiger partial charge in [0.1, 0.15) is 23.0 Å². The first-order valence-corrected chi connectivity index (χ1v) is 22.2. The standard InChI is InChI=1S/C22H18ClF3N4O5.C20H14ClF3N4O4.C2H5BrO/c1-28-18-17(19(32)29(9-10-31)21(28)33)30(12-13-5-7-14(23)8-6-13)20(27-18)34-15-3-2-4-16(11-15)35-22(24,25)26;1-27-16-15(17(29)26-18(27)30)28(10-11-5-7-12(21)8-6-11)19(25-16)31-13-3-2-4-14(9-13)32-20(22,23)24;3-1-2-4/h2-8,11,31H,9-10,12H2,1H3;2-9H,10H2,1H3,(H,26,29,30);4H,1-2H2. The van der Waals surface area contributed by atoms with E-state index < -0.39 is 53.3 Å². The Kier molecular flexibility index (Phi) is 17.1. The van der Waals surface area contributed by atoms with Crippen molar-refractivity contribution < 1.29 is 55.5 Å². The van der Waals surface area contributed by atoms with Crippen molar-refractivity contribution in [3.05, 3.63) is 160 Å². The van der Waals surface area contributed by atoms with Gasteiger partial charge in [-0.2, -0.15) is 9.97 Å². The third kappa shape index (κ3) is 13.6. The van der Waals surface area contributed by atoms with Crippen LogP contribution in [0.3, 0.4) is 0 Å². The van der Waals surface area contributed by atoms with Crippen LogP contribution in [0.5, 0.6) is 35.0 Å². The number of H-pyrrole nitrogens is 1. The van der Waals surface area contributed by atoms with E-state index in [0.29, 0.717) is 20.9 Å². The summed E-state index contributed by atoms with van der Waals surface area (Å²) in [6.45, 7) is -0.265. The summed E-state index contributed by atoms with van der Waals surface area (Å²) in [6, 6.07) is 22.9. The maximum absolute atomic E-state index is 13.2. The van der Waals surface area contributed by atoms with E-state index in [9.17, 15) is 50.6 Å². The van der Waals surface area contributed by atoms with Crippen LogP contribution in [-0.2, 0) is 33.7 Å². The summed E-state index contributed by atoms with van der Waals surface area (Å²) >= 11 is 14.9. The summed E-state index contributed by atoms with van der Waals surface area (Å²) in [4.78, 5) is 61.1. The molecule has 4 aromatic heterocycles. The number of aliphatic hydroxyl groups excluding tert-OH is 2. The van der Waals surface area contributed by atoms with Gasteiger partial charge in [-0.3, -0.25) is 37.4 Å². The highest BCUT2D eigenvalue weighted by molar-refractivity contribution is 9.09. The molecule has 0 saturated heterocycles. The first-order chi connectivity index (χ1) is 33.6. The van der Waals surface area contributed by atoms with Crippen LogP contribution in [0, 0.1) is 0 Å². The number of benzene rings is 4. The molecule has 0 unspecified atom stereocenters. The summed E-state index contributed by atoms with van der Waals surface area (Å²) < 4.78 is 101. The molecule has 27 heteroatoms. The molecule has 8 aromatic rings. The molecule has 71 heavy (non-hydrogen) atoms. The molecule has 4 heterocycles. The number of nitrogens with one attached hydrogen (secondary N) is 1. The number of halogens is 9. The second kappa shape index (κ2) is 22.8. The number of aryl methyl sites for hydroxylation is 2. The molecule has 0 atom stereocenters.